The fourth-order valence-corrected chi connectivity index (χ4v) is 1.65. The van der Waals surface area contributed by atoms with Crippen molar-refractivity contribution < 1.29 is 14.7 Å². The predicted molar refractivity (Wildman–Crippen MR) is 64.0 cm³/mol. The van der Waals surface area contributed by atoms with Crippen molar-refractivity contribution >= 4 is 18.1 Å². The molecule has 0 saturated heterocycles. The van der Waals surface area contributed by atoms with E-state index in [-0.39, 0.29) is 11.9 Å². The molecule has 1 aliphatic rings. The second-order valence-corrected chi connectivity index (χ2v) is 4.16. The van der Waals surface area contributed by atoms with Crippen LogP contribution in [0.4, 0.5) is 0 Å². The zero-order chi connectivity index (χ0) is 12.7. The van der Waals surface area contributed by atoms with E-state index in [0.29, 0.717) is 19.4 Å². The summed E-state index contributed by atoms with van der Waals surface area (Å²) in [6.07, 6.45) is 5.30. The van der Waals surface area contributed by atoms with Crippen LogP contribution in [-0.2, 0) is 9.59 Å². The molecule has 17 heavy (non-hydrogen) atoms. The van der Waals surface area contributed by atoms with Gasteiger partial charge >= 0.3 is 5.97 Å². The Morgan fingerprint density at radius 2 is 2.29 bits per heavy atom. The molecular formula is C11H19N3O3. The Labute approximate surface area is 100 Å². The van der Waals surface area contributed by atoms with Crippen LogP contribution in [0.1, 0.15) is 32.1 Å². The molecule has 0 spiro atoms. The Balaban J connectivity index is 2.02. The highest BCUT2D eigenvalue weighted by Crippen LogP contribution is 2.07. The summed E-state index contributed by atoms with van der Waals surface area (Å²) in [6, 6.07) is -1.03. The van der Waals surface area contributed by atoms with Gasteiger partial charge in [-0.2, -0.15) is 0 Å². The molecule has 0 aromatic rings. The molecule has 2 atom stereocenters. The standard InChI is InChI=1S/C11H19N3O3/c12-8(11(16)17)4-1-2-6-14-10(15)9-5-3-7-13-9/h7-9H,1-6,12H2,(H,14,15)(H,16,17)/t8-,9+/m0/s1. The summed E-state index contributed by atoms with van der Waals surface area (Å²) in [5.74, 6) is -1.02. The van der Waals surface area contributed by atoms with E-state index in [2.05, 4.69) is 10.3 Å². The normalized spacial score (nSPS) is 20.2. The average molecular weight is 241 g/mol. The Bertz CT molecular complexity index is 304. The van der Waals surface area contributed by atoms with Gasteiger partial charge in [0.15, 0.2) is 0 Å². The second-order valence-electron chi connectivity index (χ2n) is 4.16. The second kappa shape index (κ2) is 7.01. The van der Waals surface area contributed by atoms with Crippen molar-refractivity contribution in [2.75, 3.05) is 6.54 Å². The Kier molecular flexibility index (Phi) is 5.62. The predicted octanol–water partition coefficient (Wildman–Crippen LogP) is -0.0820. The number of carbonyl (C=O) groups is 2. The number of hydrogen-bond donors (Lipinski definition) is 3. The molecule has 1 rings (SSSR count). The first-order chi connectivity index (χ1) is 8.11. The third-order valence-electron chi connectivity index (χ3n) is 2.72. The molecule has 6 nitrogen and oxygen atoms in total. The maximum absolute atomic E-state index is 11.5. The lowest BCUT2D eigenvalue weighted by atomic mass is 10.1. The highest BCUT2D eigenvalue weighted by atomic mass is 16.4. The minimum Gasteiger partial charge on any atom is -0.480 e. The molecular weight excluding hydrogens is 222 g/mol. The minimum absolute atomic E-state index is 0.0405. The highest BCUT2D eigenvalue weighted by Gasteiger charge is 2.18. The number of aliphatic carboxylic acids is 1. The van der Waals surface area contributed by atoms with E-state index >= 15 is 0 Å². The van der Waals surface area contributed by atoms with Crippen molar-refractivity contribution in [3.05, 3.63) is 0 Å². The molecule has 0 aliphatic carbocycles. The van der Waals surface area contributed by atoms with Crippen LogP contribution in [0.25, 0.3) is 0 Å². The number of aliphatic imine (C=N–C) groups is 1. The van der Waals surface area contributed by atoms with Gasteiger partial charge in [-0.3, -0.25) is 14.6 Å². The number of amides is 1. The van der Waals surface area contributed by atoms with E-state index in [4.69, 9.17) is 10.8 Å². The van der Waals surface area contributed by atoms with Crippen LogP contribution in [0, 0.1) is 0 Å². The van der Waals surface area contributed by atoms with E-state index in [1.807, 2.05) is 0 Å². The van der Waals surface area contributed by atoms with E-state index in [1.54, 1.807) is 6.21 Å². The highest BCUT2D eigenvalue weighted by molar-refractivity contribution is 5.85. The number of nitrogens with one attached hydrogen (secondary N) is 1. The van der Waals surface area contributed by atoms with Crippen molar-refractivity contribution in [2.45, 2.75) is 44.2 Å². The summed E-state index contributed by atoms with van der Waals surface area (Å²) in [5.41, 5.74) is 5.35. The zero-order valence-corrected chi connectivity index (χ0v) is 9.76. The maximum Gasteiger partial charge on any atom is 0.320 e. The smallest absolute Gasteiger partial charge is 0.320 e. The summed E-state index contributed by atoms with van der Waals surface area (Å²) in [4.78, 5) is 26.0. The summed E-state index contributed by atoms with van der Waals surface area (Å²) in [7, 11) is 0. The van der Waals surface area contributed by atoms with Crippen LogP contribution in [0.2, 0.25) is 0 Å². The largest absolute Gasteiger partial charge is 0.480 e. The molecule has 1 amide bonds. The molecule has 1 heterocycles. The molecule has 0 bridgehead atoms. The first-order valence-corrected chi connectivity index (χ1v) is 5.89. The van der Waals surface area contributed by atoms with Crippen LogP contribution < -0.4 is 11.1 Å². The topological polar surface area (TPSA) is 105 Å². The van der Waals surface area contributed by atoms with Gasteiger partial charge in [0.25, 0.3) is 0 Å². The van der Waals surface area contributed by atoms with Crippen molar-refractivity contribution in [1.82, 2.24) is 5.32 Å². The third kappa shape index (κ3) is 4.95. The number of nitrogens with two attached hydrogens (primary N) is 1. The van der Waals surface area contributed by atoms with Gasteiger partial charge in [0.1, 0.15) is 12.1 Å². The Morgan fingerprint density at radius 1 is 1.53 bits per heavy atom. The lowest BCUT2D eigenvalue weighted by Crippen LogP contribution is -2.33. The molecule has 0 unspecified atom stereocenters. The van der Waals surface area contributed by atoms with Gasteiger partial charge in [-0.25, -0.2) is 0 Å². The van der Waals surface area contributed by atoms with Crippen molar-refractivity contribution in [3.63, 3.8) is 0 Å². The van der Waals surface area contributed by atoms with Crippen LogP contribution >= 0.6 is 0 Å². The maximum atomic E-state index is 11.5. The molecule has 0 aromatic carbocycles. The van der Waals surface area contributed by atoms with E-state index < -0.39 is 12.0 Å². The molecule has 6 heteroatoms. The Hall–Kier alpha value is -1.43. The lowest BCUT2D eigenvalue weighted by Gasteiger charge is -2.09. The molecule has 0 fully saturated rings. The van der Waals surface area contributed by atoms with Crippen LogP contribution in [0.3, 0.4) is 0 Å². The van der Waals surface area contributed by atoms with Gasteiger partial charge in [-0.15, -0.1) is 0 Å². The van der Waals surface area contributed by atoms with Gasteiger partial charge in [-0.05, 0) is 38.3 Å². The van der Waals surface area contributed by atoms with Gasteiger partial charge in [0.2, 0.25) is 5.91 Å². The number of hydrogen-bond acceptors (Lipinski definition) is 4. The van der Waals surface area contributed by atoms with Crippen molar-refractivity contribution in [3.8, 4) is 0 Å². The summed E-state index contributed by atoms with van der Waals surface area (Å²) < 4.78 is 0. The number of rotatable bonds is 7. The Morgan fingerprint density at radius 3 is 2.88 bits per heavy atom. The van der Waals surface area contributed by atoms with E-state index in [0.717, 1.165) is 19.3 Å². The lowest BCUT2D eigenvalue weighted by molar-refractivity contribution is -0.138. The first kappa shape index (κ1) is 13.6. The van der Waals surface area contributed by atoms with E-state index in [1.165, 1.54) is 0 Å². The molecule has 1 aliphatic heterocycles. The quantitative estimate of drug-likeness (QED) is 0.542. The summed E-state index contributed by atoms with van der Waals surface area (Å²) in [6.45, 7) is 0.553. The minimum atomic E-state index is -0.977. The third-order valence-corrected chi connectivity index (χ3v) is 2.72. The van der Waals surface area contributed by atoms with Gasteiger partial charge in [0.05, 0.1) is 0 Å². The monoisotopic (exact) mass is 241 g/mol. The fourth-order valence-electron chi connectivity index (χ4n) is 1.65. The average Bonchev–Trinajstić information content (AvgIpc) is 2.81. The van der Waals surface area contributed by atoms with Gasteiger partial charge in [0, 0.05) is 6.54 Å². The molecule has 96 valence electrons. The van der Waals surface area contributed by atoms with Crippen LogP contribution in [-0.4, -0.2) is 41.8 Å². The molecule has 0 radical (unpaired) electrons. The number of carbonyl (C=O) groups excluding carboxylic acids is 1. The molecule has 0 aromatic heterocycles. The number of carboxylic acids is 1. The summed E-state index contributed by atoms with van der Waals surface area (Å²) in [5, 5.41) is 11.3. The first-order valence-electron chi connectivity index (χ1n) is 5.89. The number of nitrogens with zero attached hydrogens (tertiary/aromatic N) is 1. The SMILES string of the molecule is N[C@@H](CCCCNC(=O)[C@H]1CCC=N1)C(=O)O. The zero-order valence-electron chi connectivity index (χ0n) is 9.76. The van der Waals surface area contributed by atoms with E-state index in [9.17, 15) is 9.59 Å². The molecule has 0 saturated carbocycles. The van der Waals surface area contributed by atoms with Gasteiger partial charge < -0.3 is 16.2 Å². The summed E-state index contributed by atoms with van der Waals surface area (Å²) >= 11 is 0. The van der Waals surface area contributed by atoms with Crippen molar-refractivity contribution in [1.29, 1.82) is 0 Å². The van der Waals surface area contributed by atoms with Crippen molar-refractivity contribution in [2.24, 2.45) is 10.7 Å². The van der Waals surface area contributed by atoms with Gasteiger partial charge in [-0.1, -0.05) is 0 Å². The fraction of sp³-hybridized carbons (Fsp3) is 0.727. The number of unbranched alkanes of at least 4 members (excludes halogenated alkanes) is 1. The van der Waals surface area contributed by atoms with Crippen LogP contribution in [0.5, 0.6) is 0 Å². The molecule has 4 N–H and O–H groups in total. The number of carboxylic acid groups (broad SMARTS) is 1. The van der Waals surface area contributed by atoms with Crippen LogP contribution in [0.15, 0.2) is 4.99 Å².